The Morgan fingerprint density at radius 2 is 2.15 bits per heavy atom. The van der Waals surface area contributed by atoms with E-state index in [2.05, 4.69) is 10.5 Å². The highest BCUT2D eigenvalue weighted by molar-refractivity contribution is 6.01. The highest BCUT2D eigenvalue weighted by atomic mass is 19.1. The predicted octanol–water partition coefficient (Wildman–Crippen LogP) is 2.85. The first-order valence-corrected chi connectivity index (χ1v) is 6.53. The molecular weight excluding hydrogens is 255 g/mol. The van der Waals surface area contributed by atoms with Crippen LogP contribution in [0.3, 0.4) is 0 Å². The standard InChI is InChI=1S/C16H15FN2O/c1-10-12(6-8-20)14-9-11(17)4-5-13(14)16(10)15-3-2-7-18-19-15/h2-5,7,9,19-20H,6,8H2,1H3/b16-15-. The van der Waals surface area contributed by atoms with Gasteiger partial charge in [0.05, 0.1) is 5.70 Å². The van der Waals surface area contributed by atoms with Gasteiger partial charge in [0, 0.05) is 18.4 Å². The SMILES string of the molecule is CC1=C(CCO)c2cc(F)ccc2/C1=C1/C=CC=NN1. The normalized spacial score (nSPS) is 20.4. The number of nitrogens with one attached hydrogen (secondary N) is 1. The summed E-state index contributed by atoms with van der Waals surface area (Å²) in [5.41, 5.74) is 8.80. The van der Waals surface area contributed by atoms with E-state index in [1.807, 2.05) is 19.1 Å². The van der Waals surface area contributed by atoms with Gasteiger partial charge in [-0.1, -0.05) is 6.07 Å². The molecule has 0 spiro atoms. The smallest absolute Gasteiger partial charge is 0.123 e. The van der Waals surface area contributed by atoms with Crippen LogP contribution in [0.15, 0.2) is 46.7 Å². The number of halogens is 1. The van der Waals surface area contributed by atoms with Crippen molar-refractivity contribution >= 4 is 17.4 Å². The zero-order chi connectivity index (χ0) is 14.1. The van der Waals surface area contributed by atoms with Gasteiger partial charge in [-0.25, -0.2) is 4.39 Å². The second kappa shape index (κ2) is 5.06. The number of allylic oxidation sites excluding steroid dienone is 4. The summed E-state index contributed by atoms with van der Waals surface area (Å²) < 4.78 is 13.5. The van der Waals surface area contributed by atoms with Gasteiger partial charge >= 0.3 is 0 Å². The van der Waals surface area contributed by atoms with Crippen molar-refractivity contribution in [1.29, 1.82) is 0 Å². The third-order valence-electron chi connectivity index (χ3n) is 3.64. The fourth-order valence-corrected chi connectivity index (χ4v) is 2.79. The third kappa shape index (κ3) is 1.98. The van der Waals surface area contributed by atoms with Crippen molar-refractivity contribution in [1.82, 2.24) is 5.43 Å². The number of benzene rings is 1. The van der Waals surface area contributed by atoms with E-state index in [0.717, 1.165) is 33.5 Å². The van der Waals surface area contributed by atoms with E-state index in [9.17, 15) is 9.50 Å². The maximum absolute atomic E-state index is 13.5. The minimum absolute atomic E-state index is 0.0483. The van der Waals surface area contributed by atoms with Crippen LogP contribution >= 0.6 is 0 Å². The molecule has 0 bridgehead atoms. The van der Waals surface area contributed by atoms with Crippen LogP contribution in [0.5, 0.6) is 0 Å². The number of aliphatic hydroxyl groups excluding tert-OH is 1. The van der Waals surface area contributed by atoms with Gasteiger partial charge in [-0.3, -0.25) is 5.43 Å². The second-order valence-corrected chi connectivity index (χ2v) is 4.80. The Morgan fingerprint density at radius 1 is 1.30 bits per heavy atom. The number of rotatable bonds is 2. The van der Waals surface area contributed by atoms with Crippen LogP contribution in [-0.4, -0.2) is 17.9 Å². The topological polar surface area (TPSA) is 44.6 Å². The van der Waals surface area contributed by atoms with Crippen molar-refractivity contribution in [3.8, 4) is 0 Å². The Hall–Kier alpha value is -2.20. The van der Waals surface area contributed by atoms with E-state index in [4.69, 9.17) is 0 Å². The van der Waals surface area contributed by atoms with Crippen molar-refractivity contribution in [2.24, 2.45) is 5.10 Å². The molecule has 20 heavy (non-hydrogen) atoms. The highest BCUT2D eigenvalue weighted by Gasteiger charge is 2.26. The lowest BCUT2D eigenvalue weighted by molar-refractivity contribution is 0.305. The molecule has 3 rings (SSSR count). The molecule has 0 saturated carbocycles. The average Bonchev–Trinajstić information content (AvgIpc) is 2.73. The minimum atomic E-state index is -0.261. The summed E-state index contributed by atoms with van der Waals surface area (Å²) in [6.07, 6.45) is 6.00. The Balaban J connectivity index is 2.22. The Morgan fingerprint density at radius 3 is 2.85 bits per heavy atom. The van der Waals surface area contributed by atoms with Crippen LogP contribution in [0.1, 0.15) is 24.5 Å². The summed E-state index contributed by atoms with van der Waals surface area (Å²) in [6.45, 7) is 2.05. The van der Waals surface area contributed by atoms with Crippen LogP contribution in [0.25, 0.3) is 11.1 Å². The zero-order valence-corrected chi connectivity index (χ0v) is 11.2. The van der Waals surface area contributed by atoms with E-state index in [0.29, 0.717) is 6.42 Å². The van der Waals surface area contributed by atoms with Gasteiger partial charge in [-0.05, 0) is 59.9 Å². The number of aliphatic hydroxyl groups is 1. The quantitative estimate of drug-likeness (QED) is 0.868. The first kappa shape index (κ1) is 12.8. The van der Waals surface area contributed by atoms with Crippen molar-refractivity contribution in [2.75, 3.05) is 6.61 Å². The Labute approximate surface area is 116 Å². The van der Waals surface area contributed by atoms with Gasteiger partial charge in [0.2, 0.25) is 0 Å². The van der Waals surface area contributed by atoms with E-state index in [1.165, 1.54) is 12.1 Å². The van der Waals surface area contributed by atoms with E-state index in [1.54, 1.807) is 12.3 Å². The monoisotopic (exact) mass is 270 g/mol. The molecule has 0 unspecified atom stereocenters. The maximum Gasteiger partial charge on any atom is 0.123 e. The van der Waals surface area contributed by atoms with Gasteiger partial charge in [0.1, 0.15) is 5.82 Å². The molecule has 102 valence electrons. The van der Waals surface area contributed by atoms with Gasteiger partial charge in [0.15, 0.2) is 0 Å². The molecule has 4 heteroatoms. The summed E-state index contributed by atoms with van der Waals surface area (Å²) in [5.74, 6) is -0.261. The molecule has 0 fully saturated rings. The molecule has 1 aromatic carbocycles. The molecule has 1 heterocycles. The zero-order valence-electron chi connectivity index (χ0n) is 11.2. The number of hydrogen-bond acceptors (Lipinski definition) is 3. The second-order valence-electron chi connectivity index (χ2n) is 4.80. The number of hydrogen-bond donors (Lipinski definition) is 2. The molecular formula is C16H15FN2O. The largest absolute Gasteiger partial charge is 0.396 e. The van der Waals surface area contributed by atoms with E-state index >= 15 is 0 Å². The number of hydrazone groups is 1. The van der Waals surface area contributed by atoms with Crippen molar-refractivity contribution in [3.63, 3.8) is 0 Å². The Bertz CT molecular complexity index is 684. The molecule has 1 aromatic rings. The lowest BCUT2D eigenvalue weighted by atomic mass is 10.0. The van der Waals surface area contributed by atoms with Crippen molar-refractivity contribution < 1.29 is 9.50 Å². The first-order valence-electron chi connectivity index (χ1n) is 6.53. The van der Waals surface area contributed by atoms with Crippen LogP contribution in [-0.2, 0) is 0 Å². The van der Waals surface area contributed by atoms with Gasteiger partial charge in [-0.2, -0.15) is 5.10 Å². The Kier molecular flexibility index (Phi) is 3.24. The molecule has 3 nitrogen and oxygen atoms in total. The molecule has 0 amide bonds. The summed E-state index contributed by atoms with van der Waals surface area (Å²) >= 11 is 0. The predicted molar refractivity (Wildman–Crippen MR) is 78.4 cm³/mol. The van der Waals surface area contributed by atoms with Gasteiger partial charge in [0.25, 0.3) is 0 Å². The summed E-state index contributed by atoms with van der Waals surface area (Å²) in [6, 6.07) is 4.78. The molecule has 0 aromatic heterocycles. The molecule has 0 radical (unpaired) electrons. The number of fused-ring (bicyclic) bond motifs is 1. The van der Waals surface area contributed by atoms with Crippen LogP contribution in [0.2, 0.25) is 0 Å². The van der Waals surface area contributed by atoms with Crippen LogP contribution in [0.4, 0.5) is 4.39 Å². The number of nitrogens with zero attached hydrogens (tertiary/aromatic N) is 1. The summed E-state index contributed by atoms with van der Waals surface area (Å²) in [5, 5.41) is 13.3. The van der Waals surface area contributed by atoms with E-state index < -0.39 is 0 Å². The average molecular weight is 270 g/mol. The fourth-order valence-electron chi connectivity index (χ4n) is 2.79. The molecule has 0 atom stereocenters. The first-order chi connectivity index (χ1) is 9.72. The molecule has 1 aliphatic carbocycles. The molecule has 0 saturated heterocycles. The molecule has 2 N–H and O–H groups in total. The third-order valence-corrected chi connectivity index (χ3v) is 3.64. The maximum atomic E-state index is 13.5. The van der Waals surface area contributed by atoms with Crippen LogP contribution < -0.4 is 5.43 Å². The highest BCUT2D eigenvalue weighted by Crippen LogP contribution is 2.44. The minimum Gasteiger partial charge on any atom is -0.396 e. The van der Waals surface area contributed by atoms with E-state index in [-0.39, 0.29) is 12.4 Å². The van der Waals surface area contributed by atoms with Crippen molar-refractivity contribution in [3.05, 3.63) is 58.6 Å². The molecule has 2 aliphatic rings. The fraction of sp³-hybridized carbons (Fsp3) is 0.188. The van der Waals surface area contributed by atoms with Crippen molar-refractivity contribution in [2.45, 2.75) is 13.3 Å². The van der Waals surface area contributed by atoms with Crippen LogP contribution in [0, 0.1) is 5.82 Å². The lowest BCUT2D eigenvalue weighted by Gasteiger charge is -2.11. The summed E-state index contributed by atoms with van der Waals surface area (Å²) in [7, 11) is 0. The molecule has 1 aliphatic heterocycles. The summed E-state index contributed by atoms with van der Waals surface area (Å²) in [4.78, 5) is 0. The van der Waals surface area contributed by atoms with Gasteiger partial charge < -0.3 is 5.11 Å². The lowest BCUT2D eigenvalue weighted by Crippen LogP contribution is -2.09. The van der Waals surface area contributed by atoms with Gasteiger partial charge in [-0.15, -0.1) is 0 Å².